The summed E-state index contributed by atoms with van der Waals surface area (Å²) in [6.07, 6.45) is -4.43. The average molecular weight is 355 g/mol. The van der Waals surface area contributed by atoms with E-state index in [2.05, 4.69) is 30.9 Å². The van der Waals surface area contributed by atoms with E-state index < -0.39 is 17.6 Å². The summed E-state index contributed by atoms with van der Waals surface area (Å²) < 4.78 is 37.6. The third-order valence-corrected chi connectivity index (χ3v) is 3.54. The molecule has 3 rings (SSSR count). The van der Waals surface area contributed by atoms with Crippen molar-refractivity contribution in [3.8, 4) is 5.69 Å². The number of amides is 1. The van der Waals surface area contributed by atoms with Gasteiger partial charge in [0.05, 0.1) is 11.3 Å². The van der Waals surface area contributed by atoms with Gasteiger partial charge in [0.25, 0.3) is 11.7 Å². The van der Waals surface area contributed by atoms with Gasteiger partial charge < -0.3 is 0 Å². The van der Waals surface area contributed by atoms with Crippen LogP contribution in [-0.2, 0) is 6.18 Å². The summed E-state index contributed by atoms with van der Waals surface area (Å²) in [5.41, 5.74) is -0.558. The number of tetrazole rings is 1. The molecule has 0 saturated carbocycles. The lowest BCUT2D eigenvalue weighted by molar-refractivity contribution is -0.137. The molecule has 0 atom stereocenters. The number of nitrogens with one attached hydrogen (secondary N) is 1. The predicted octanol–water partition coefficient (Wildman–Crippen LogP) is 2.09. The van der Waals surface area contributed by atoms with E-state index >= 15 is 0 Å². The highest BCUT2D eigenvalue weighted by molar-refractivity contribution is 7.15. The molecule has 3 aromatic rings. The monoisotopic (exact) mass is 355 g/mol. The van der Waals surface area contributed by atoms with Gasteiger partial charge in [-0.3, -0.25) is 10.1 Å². The fraction of sp³-hybridized carbons (Fsp3) is 0.167. The number of benzene rings is 1. The van der Waals surface area contributed by atoms with Crippen molar-refractivity contribution in [2.24, 2.45) is 0 Å². The van der Waals surface area contributed by atoms with Gasteiger partial charge in [0.15, 0.2) is 0 Å². The molecule has 24 heavy (non-hydrogen) atoms. The van der Waals surface area contributed by atoms with Gasteiger partial charge in [-0.05, 0) is 36.4 Å². The van der Waals surface area contributed by atoms with Crippen LogP contribution < -0.4 is 5.32 Å². The van der Waals surface area contributed by atoms with E-state index in [1.54, 1.807) is 6.92 Å². The Kier molecular flexibility index (Phi) is 3.97. The van der Waals surface area contributed by atoms with Crippen molar-refractivity contribution >= 4 is 22.4 Å². The van der Waals surface area contributed by atoms with Gasteiger partial charge in [-0.15, -0.1) is 25.2 Å². The molecule has 2 aromatic heterocycles. The Morgan fingerprint density at radius 3 is 2.46 bits per heavy atom. The molecule has 124 valence electrons. The van der Waals surface area contributed by atoms with Gasteiger partial charge in [-0.25, -0.2) is 0 Å². The van der Waals surface area contributed by atoms with Crippen LogP contribution in [0, 0.1) is 6.92 Å². The van der Waals surface area contributed by atoms with Gasteiger partial charge in [0, 0.05) is 0 Å². The van der Waals surface area contributed by atoms with E-state index in [1.165, 1.54) is 23.5 Å². The molecular weight excluding hydrogens is 347 g/mol. The van der Waals surface area contributed by atoms with E-state index in [-0.39, 0.29) is 16.6 Å². The minimum atomic E-state index is -4.43. The molecule has 12 heteroatoms. The highest BCUT2D eigenvalue weighted by Gasteiger charge is 2.30. The molecule has 1 N–H and O–H groups in total. The highest BCUT2D eigenvalue weighted by Crippen LogP contribution is 2.29. The van der Waals surface area contributed by atoms with Crippen LogP contribution in [0.4, 0.5) is 18.3 Å². The van der Waals surface area contributed by atoms with Crippen LogP contribution in [0.1, 0.15) is 21.2 Å². The maximum Gasteiger partial charge on any atom is 0.416 e. The summed E-state index contributed by atoms with van der Waals surface area (Å²) in [6, 6.07) is 4.14. The maximum absolute atomic E-state index is 12.5. The molecule has 0 unspecified atom stereocenters. The maximum atomic E-state index is 12.5. The largest absolute Gasteiger partial charge is 0.416 e. The molecule has 0 aliphatic rings. The molecule has 0 fully saturated rings. The Labute approximate surface area is 136 Å². The minimum absolute atomic E-state index is 0.237. The zero-order valence-electron chi connectivity index (χ0n) is 11.9. The van der Waals surface area contributed by atoms with E-state index in [0.717, 1.165) is 16.9 Å². The third kappa shape index (κ3) is 3.37. The van der Waals surface area contributed by atoms with E-state index in [0.29, 0.717) is 5.01 Å². The standard InChI is InChI=1S/C12H8F3N7OS/c1-6-17-19-11(24-6)16-10(23)9-18-21-22(20-9)8-4-2-7(3-5-8)12(13,14)15/h2-5H,1H3,(H,16,19,23). The molecule has 0 spiro atoms. The second-order valence-electron chi connectivity index (χ2n) is 4.53. The number of hydrogen-bond donors (Lipinski definition) is 1. The fourth-order valence-electron chi connectivity index (χ4n) is 1.70. The summed E-state index contributed by atoms with van der Waals surface area (Å²) in [6.45, 7) is 1.73. The van der Waals surface area contributed by atoms with E-state index in [1.807, 2.05) is 0 Å². The Bertz CT molecular complexity index is 871. The molecule has 8 nitrogen and oxygen atoms in total. The lowest BCUT2D eigenvalue weighted by atomic mass is 10.2. The normalized spacial score (nSPS) is 11.5. The third-order valence-electron chi connectivity index (χ3n) is 2.79. The van der Waals surface area contributed by atoms with Gasteiger partial charge >= 0.3 is 6.18 Å². The van der Waals surface area contributed by atoms with Crippen molar-refractivity contribution in [2.45, 2.75) is 13.1 Å². The second kappa shape index (κ2) is 5.96. The minimum Gasteiger partial charge on any atom is -0.294 e. The van der Waals surface area contributed by atoms with Crippen molar-refractivity contribution in [1.29, 1.82) is 0 Å². The number of hydrogen-bond acceptors (Lipinski definition) is 7. The van der Waals surface area contributed by atoms with Gasteiger partial charge in [-0.2, -0.15) is 13.2 Å². The van der Waals surface area contributed by atoms with Crippen LogP contribution in [0.5, 0.6) is 0 Å². The summed E-state index contributed by atoms with van der Waals surface area (Å²) in [5, 5.41) is 21.9. The fourth-order valence-corrected chi connectivity index (χ4v) is 2.29. The molecule has 0 radical (unpaired) electrons. The first-order chi connectivity index (χ1) is 11.3. The van der Waals surface area contributed by atoms with Crippen LogP contribution >= 0.6 is 11.3 Å². The first-order valence-electron chi connectivity index (χ1n) is 6.42. The highest BCUT2D eigenvalue weighted by atomic mass is 32.1. The van der Waals surface area contributed by atoms with Crippen molar-refractivity contribution < 1.29 is 18.0 Å². The predicted molar refractivity (Wildman–Crippen MR) is 76.8 cm³/mol. The second-order valence-corrected chi connectivity index (χ2v) is 5.71. The van der Waals surface area contributed by atoms with Gasteiger partial charge in [0.1, 0.15) is 5.01 Å². The van der Waals surface area contributed by atoms with Gasteiger partial charge in [0.2, 0.25) is 5.13 Å². The van der Waals surface area contributed by atoms with Crippen LogP contribution in [0.25, 0.3) is 5.69 Å². The molecule has 2 heterocycles. The molecule has 0 aliphatic carbocycles. The first-order valence-corrected chi connectivity index (χ1v) is 7.24. The van der Waals surface area contributed by atoms with Crippen molar-refractivity contribution in [3.05, 3.63) is 40.7 Å². The SMILES string of the molecule is Cc1nnc(NC(=O)c2nnn(-c3ccc(C(F)(F)F)cc3)n2)s1. The number of rotatable bonds is 3. The zero-order chi connectivity index (χ0) is 17.3. The van der Waals surface area contributed by atoms with Crippen molar-refractivity contribution in [1.82, 2.24) is 30.4 Å². The Morgan fingerprint density at radius 1 is 1.17 bits per heavy atom. The molecule has 0 saturated heterocycles. The van der Waals surface area contributed by atoms with Gasteiger partial charge in [-0.1, -0.05) is 11.3 Å². The number of aryl methyl sites for hydroxylation is 1. The van der Waals surface area contributed by atoms with Crippen LogP contribution in [0.15, 0.2) is 24.3 Å². The topological polar surface area (TPSA) is 98.5 Å². The number of aromatic nitrogens is 6. The molecule has 1 amide bonds. The molecule has 1 aromatic carbocycles. The Balaban J connectivity index is 1.76. The lowest BCUT2D eigenvalue weighted by Crippen LogP contribution is -2.14. The molecular formula is C12H8F3N7OS. The number of anilines is 1. The quantitative estimate of drug-likeness (QED) is 0.772. The van der Waals surface area contributed by atoms with E-state index in [4.69, 9.17) is 0 Å². The summed E-state index contributed by atoms with van der Waals surface area (Å²) in [7, 11) is 0. The van der Waals surface area contributed by atoms with E-state index in [9.17, 15) is 18.0 Å². The van der Waals surface area contributed by atoms with Crippen LogP contribution in [0.2, 0.25) is 0 Å². The van der Waals surface area contributed by atoms with Crippen molar-refractivity contribution in [3.63, 3.8) is 0 Å². The summed E-state index contributed by atoms with van der Waals surface area (Å²) in [5.74, 6) is -0.896. The molecule has 0 aliphatic heterocycles. The summed E-state index contributed by atoms with van der Waals surface area (Å²) in [4.78, 5) is 12.9. The van der Waals surface area contributed by atoms with Crippen LogP contribution in [-0.4, -0.2) is 36.3 Å². The number of carbonyl (C=O) groups is 1. The Morgan fingerprint density at radius 2 is 1.88 bits per heavy atom. The number of halogens is 3. The smallest absolute Gasteiger partial charge is 0.294 e. The number of carbonyl (C=O) groups excluding carboxylic acids is 1. The summed E-state index contributed by atoms with van der Waals surface area (Å²) >= 11 is 1.17. The molecule has 0 bridgehead atoms. The Hall–Kier alpha value is -2.89. The number of nitrogens with zero attached hydrogens (tertiary/aromatic N) is 6. The van der Waals surface area contributed by atoms with Crippen molar-refractivity contribution in [2.75, 3.05) is 5.32 Å². The average Bonchev–Trinajstić information content (AvgIpc) is 3.16. The number of alkyl halides is 3. The van der Waals surface area contributed by atoms with Crippen LogP contribution in [0.3, 0.4) is 0 Å². The first kappa shape index (κ1) is 16.0. The lowest BCUT2D eigenvalue weighted by Gasteiger charge is -2.06. The zero-order valence-corrected chi connectivity index (χ0v) is 12.8.